The lowest BCUT2D eigenvalue weighted by Crippen LogP contribution is -2.33. The molecule has 0 unspecified atom stereocenters. The van der Waals surface area contributed by atoms with E-state index in [-0.39, 0.29) is 11.7 Å². The molecule has 0 bridgehead atoms. The number of nitrogens with one attached hydrogen (secondary N) is 2. The molecule has 0 radical (unpaired) electrons. The number of aryl methyl sites for hydroxylation is 1. The molecule has 26 heavy (non-hydrogen) atoms. The summed E-state index contributed by atoms with van der Waals surface area (Å²) in [7, 11) is 1.58. The van der Waals surface area contributed by atoms with Crippen LogP contribution in [-0.2, 0) is 6.54 Å². The molecule has 1 amide bonds. The first-order valence-corrected chi connectivity index (χ1v) is 9.00. The van der Waals surface area contributed by atoms with Gasteiger partial charge in [-0.2, -0.15) is 0 Å². The molecule has 0 aliphatic carbocycles. The van der Waals surface area contributed by atoms with Crippen LogP contribution in [0.15, 0.2) is 18.5 Å². The summed E-state index contributed by atoms with van der Waals surface area (Å²) in [4.78, 5) is 27.0. The summed E-state index contributed by atoms with van der Waals surface area (Å²) in [5.41, 5.74) is 2.90. The maximum atomic E-state index is 11.9. The molecule has 8 heteroatoms. The van der Waals surface area contributed by atoms with Crippen LogP contribution in [0.2, 0.25) is 5.02 Å². The Morgan fingerprint density at radius 3 is 2.88 bits per heavy atom. The SMILES string of the molecule is CNC(=O)c1nc(C)c(C)c(N2CC[C@@H](NCc3cncc(Cl)c3)C2)n1. The van der Waals surface area contributed by atoms with Gasteiger partial charge in [0.25, 0.3) is 5.91 Å². The van der Waals surface area contributed by atoms with Gasteiger partial charge in [0.2, 0.25) is 5.82 Å². The molecule has 2 aromatic rings. The standard InChI is InChI=1S/C18H23ClN6O/c1-11-12(2)23-16(18(26)20-3)24-17(11)25-5-4-15(10-25)22-8-13-6-14(19)9-21-7-13/h6-7,9,15,22H,4-5,8,10H2,1-3H3,(H,20,26)/t15-/m1/s1. The zero-order chi connectivity index (χ0) is 18.7. The second-order valence-electron chi connectivity index (χ2n) is 6.48. The maximum absolute atomic E-state index is 11.9. The van der Waals surface area contributed by atoms with Crippen LogP contribution >= 0.6 is 11.6 Å². The summed E-state index contributed by atoms with van der Waals surface area (Å²) in [6.07, 6.45) is 4.46. The van der Waals surface area contributed by atoms with Gasteiger partial charge in [0, 0.05) is 56.4 Å². The van der Waals surface area contributed by atoms with E-state index in [2.05, 4.69) is 30.5 Å². The van der Waals surface area contributed by atoms with Crippen molar-refractivity contribution in [3.8, 4) is 0 Å². The minimum absolute atomic E-state index is 0.215. The normalized spacial score (nSPS) is 16.8. The molecule has 1 atom stereocenters. The van der Waals surface area contributed by atoms with Crippen molar-refractivity contribution >= 4 is 23.3 Å². The molecule has 7 nitrogen and oxygen atoms in total. The molecule has 0 spiro atoms. The maximum Gasteiger partial charge on any atom is 0.288 e. The van der Waals surface area contributed by atoms with E-state index in [9.17, 15) is 4.79 Å². The fourth-order valence-electron chi connectivity index (χ4n) is 3.07. The van der Waals surface area contributed by atoms with Crippen molar-refractivity contribution in [2.45, 2.75) is 32.9 Å². The highest BCUT2D eigenvalue weighted by molar-refractivity contribution is 6.30. The van der Waals surface area contributed by atoms with Crippen LogP contribution in [0.1, 0.15) is 33.9 Å². The van der Waals surface area contributed by atoms with Crippen molar-refractivity contribution in [2.75, 3.05) is 25.0 Å². The number of carbonyl (C=O) groups excluding carboxylic acids is 1. The van der Waals surface area contributed by atoms with Crippen molar-refractivity contribution in [3.63, 3.8) is 0 Å². The predicted molar refractivity (Wildman–Crippen MR) is 102 cm³/mol. The lowest BCUT2D eigenvalue weighted by atomic mass is 10.2. The van der Waals surface area contributed by atoms with E-state index >= 15 is 0 Å². The van der Waals surface area contributed by atoms with Crippen LogP contribution in [-0.4, -0.2) is 47.0 Å². The Labute approximate surface area is 158 Å². The van der Waals surface area contributed by atoms with Crippen molar-refractivity contribution in [1.82, 2.24) is 25.6 Å². The fraction of sp³-hybridized carbons (Fsp3) is 0.444. The lowest BCUT2D eigenvalue weighted by molar-refractivity contribution is 0.0952. The third-order valence-corrected chi connectivity index (χ3v) is 4.84. The minimum Gasteiger partial charge on any atom is -0.355 e. The molecule has 3 heterocycles. The predicted octanol–water partition coefficient (Wildman–Crippen LogP) is 1.87. The highest BCUT2D eigenvalue weighted by Gasteiger charge is 2.26. The number of hydrogen-bond acceptors (Lipinski definition) is 6. The highest BCUT2D eigenvalue weighted by atomic mass is 35.5. The number of nitrogens with zero attached hydrogens (tertiary/aromatic N) is 4. The largest absolute Gasteiger partial charge is 0.355 e. The van der Waals surface area contributed by atoms with Gasteiger partial charge < -0.3 is 15.5 Å². The zero-order valence-electron chi connectivity index (χ0n) is 15.2. The minimum atomic E-state index is -0.267. The van der Waals surface area contributed by atoms with Gasteiger partial charge in [0.1, 0.15) is 5.82 Å². The van der Waals surface area contributed by atoms with Gasteiger partial charge in [-0.25, -0.2) is 9.97 Å². The molecule has 0 aromatic carbocycles. The van der Waals surface area contributed by atoms with Crippen LogP contribution in [0, 0.1) is 13.8 Å². The number of hydrogen-bond donors (Lipinski definition) is 2. The van der Waals surface area contributed by atoms with E-state index in [0.29, 0.717) is 11.1 Å². The number of aromatic nitrogens is 3. The summed E-state index contributed by atoms with van der Waals surface area (Å²) < 4.78 is 0. The zero-order valence-corrected chi connectivity index (χ0v) is 16.0. The molecular weight excluding hydrogens is 352 g/mol. The van der Waals surface area contributed by atoms with Gasteiger partial charge in [-0.1, -0.05) is 11.6 Å². The molecule has 2 aromatic heterocycles. The number of anilines is 1. The molecule has 2 N–H and O–H groups in total. The van der Waals surface area contributed by atoms with Gasteiger partial charge in [-0.15, -0.1) is 0 Å². The van der Waals surface area contributed by atoms with Crippen LogP contribution in [0.4, 0.5) is 5.82 Å². The summed E-state index contributed by atoms with van der Waals surface area (Å²) in [6, 6.07) is 2.26. The van der Waals surface area contributed by atoms with E-state index in [0.717, 1.165) is 48.7 Å². The smallest absolute Gasteiger partial charge is 0.288 e. The Bertz CT molecular complexity index is 812. The van der Waals surface area contributed by atoms with Crippen molar-refractivity contribution in [3.05, 3.63) is 46.1 Å². The number of halogens is 1. The third-order valence-electron chi connectivity index (χ3n) is 4.64. The van der Waals surface area contributed by atoms with E-state index in [1.807, 2.05) is 26.1 Å². The first-order valence-electron chi connectivity index (χ1n) is 8.63. The second-order valence-corrected chi connectivity index (χ2v) is 6.92. The number of rotatable bonds is 5. The molecule has 3 rings (SSSR count). The Morgan fingerprint density at radius 1 is 1.35 bits per heavy atom. The van der Waals surface area contributed by atoms with Crippen molar-refractivity contribution < 1.29 is 4.79 Å². The second kappa shape index (κ2) is 7.97. The van der Waals surface area contributed by atoms with Gasteiger partial charge in [-0.3, -0.25) is 9.78 Å². The fourth-order valence-corrected chi connectivity index (χ4v) is 3.27. The molecule has 1 saturated heterocycles. The van der Waals surface area contributed by atoms with E-state index < -0.39 is 0 Å². The molecule has 1 aliphatic heterocycles. The Hall–Kier alpha value is -2.25. The van der Waals surface area contributed by atoms with Gasteiger partial charge in [0.05, 0.1) is 5.02 Å². The molecule has 138 valence electrons. The summed E-state index contributed by atoms with van der Waals surface area (Å²) in [6.45, 7) is 6.34. The summed E-state index contributed by atoms with van der Waals surface area (Å²) in [5.74, 6) is 0.786. The first-order chi connectivity index (χ1) is 12.5. The van der Waals surface area contributed by atoms with Crippen molar-refractivity contribution in [1.29, 1.82) is 0 Å². The third kappa shape index (κ3) is 4.11. The number of pyridine rings is 1. The van der Waals surface area contributed by atoms with Crippen molar-refractivity contribution in [2.24, 2.45) is 0 Å². The Morgan fingerprint density at radius 2 is 2.15 bits per heavy atom. The van der Waals surface area contributed by atoms with E-state index in [4.69, 9.17) is 11.6 Å². The van der Waals surface area contributed by atoms with Crippen LogP contribution in [0.5, 0.6) is 0 Å². The van der Waals surface area contributed by atoms with E-state index in [1.165, 1.54) is 0 Å². The monoisotopic (exact) mass is 374 g/mol. The lowest BCUT2D eigenvalue weighted by Gasteiger charge is -2.21. The van der Waals surface area contributed by atoms with Crippen LogP contribution in [0.3, 0.4) is 0 Å². The van der Waals surface area contributed by atoms with Gasteiger partial charge in [-0.05, 0) is 31.9 Å². The average Bonchev–Trinajstić information content (AvgIpc) is 3.10. The summed E-state index contributed by atoms with van der Waals surface area (Å²) >= 11 is 5.98. The van der Waals surface area contributed by atoms with Gasteiger partial charge in [0.15, 0.2) is 0 Å². The number of carbonyl (C=O) groups is 1. The van der Waals surface area contributed by atoms with Crippen LogP contribution in [0.25, 0.3) is 0 Å². The molecule has 1 aliphatic rings. The Balaban J connectivity index is 1.68. The first kappa shape index (κ1) is 18.5. The number of amides is 1. The Kier molecular flexibility index (Phi) is 5.68. The van der Waals surface area contributed by atoms with Crippen LogP contribution < -0.4 is 15.5 Å². The summed E-state index contributed by atoms with van der Waals surface area (Å²) in [5, 5.41) is 6.78. The molecule has 0 saturated carbocycles. The quantitative estimate of drug-likeness (QED) is 0.831. The van der Waals surface area contributed by atoms with Gasteiger partial charge >= 0.3 is 0 Å². The molecular formula is C18H23ClN6O. The van der Waals surface area contributed by atoms with E-state index in [1.54, 1.807) is 13.2 Å². The topological polar surface area (TPSA) is 83.0 Å². The average molecular weight is 375 g/mol. The highest BCUT2D eigenvalue weighted by Crippen LogP contribution is 2.24. The molecule has 1 fully saturated rings.